The molecule has 0 saturated carbocycles. The smallest absolute Gasteiger partial charge is 0.305 e. The number of hydrogen-bond acceptors (Lipinski definition) is 5. The fourth-order valence-electron chi connectivity index (χ4n) is 12.3. The van der Waals surface area contributed by atoms with Gasteiger partial charge in [-0.2, -0.15) is 0 Å². The molecule has 0 aromatic carbocycles. The highest BCUT2D eigenvalue weighted by Crippen LogP contribution is 2.19. The van der Waals surface area contributed by atoms with Crippen LogP contribution in [-0.4, -0.2) is 47.4 Å². The highest BCUT2D eigenvalue weighted by molar-refractivity contribution is 5.76. The number of unbranched alkanes of at least 4 members (excludes halogenated alkanes) is 57. The Bertz CT molecular complexity index is 1450. The first-order valence-corrected chi connectivity index (χ1v) is 39.4. The van der Waals surface area contributed by atoms with Crippen molar-refractivity contribution in [3.63, 3.8) is 0 Å². The van der Waals surface area contributed by atoms with E-state index in [1.165, 1.54) is 353 Å². The molecule has 2 unspecified atom stereocenters. The van der Waals surface area contributed by atoms with Gasteiger partial charge in [0.1, 0.15) is 0 Å². The highest BCUT2D eigenvalue weighted by atomic mass is 16.5. The summed E-state index contributed by atoms with van der Waals surface area (Å²) in [6, 6.07) is -0.628. The molecule has 0 radical (unpaired) electrons. The molecule has 0 aromatic rings. The van der Waals surface area contributed by atoms with Gasteiger partial charge in [-0.1, -0.05) is 377 Å². The molecule has 0 aliphatic rings. The summed E-state index contributed by atoms with van der Waals surface area (Å²) in [5.41, 5.74) is 0. The van der Waals surface area contributed by atoms with Gasteiger partial charge >= 0.3 is 5.97 Å². The molecule has 3 N–H and O–H groups in total. The second kappa shape index (κ2) is 76.3. The minimum absolute atomic E-state index is 0.00430. The normalized spacial score (nSPS) is 12.7. The average Bonchev–Trinajstić information content (AvgIpc) is 3.53. The van der Waals surface area contributed by atoms with Gasteiger partial charge in [-0.25, -0.2) is 0 Å². The number of carbonyl (C=O) groups excluding carboxylic acids is 2. The standard InChI is InChI=1S/C81H153NO5/c1-3-5-7-9-11-13-15-17-19-20-21-22-33-36-39-42-46-49-53-57-61-65-69-73-79(84)78(77-83)82-80(85)74-70-66-62-58-54-50-47-43-40-37-34-31-29-27-25-23-24-26-28-30-32-35-38-41-44-48-52-56-60-64-68-72-76-87-81(86)75-71-67-63-59-55-51-45-18-16-14-12-10-8-6-4-2/h12,14,18,26,28,45,69,73,78-79,83-84H,3-11,13,15-17,19-25,27,29-44,46-68,70-72,74-77H2,1-2H3,(H,82,85)/b14-12-,28-26-,45-18-,73-69+. The second-order valence-corrected chi connectivity index (χ2v) is 27.0. The average molecular weight is 1220 g/mol. The lowest BCUT2D eigenvalue weighted by atomic mass is 10.0. The van der Waals surface area contributed by atoms with Crippen LogP contribution in [0.4, 0.5) is 0 Å². The zero-order valence-corrected chi connectivity index (χ0v) is 58.8. The van der Waals surface area contributed by atoms with Crippen molar-refractivity contribution in [2.45, 2.75) is 443 Å². The number of esters is 1. The Labute approximate surface area is 544 Å². The number of rotatable bonds is 74. The Morgan fingerprint density at radius 1 is 0.322 bits per heavy atom. The zero-order chi connectivity index (χ0) is 62.8. The van der Waals surface area contributed by atoms with E-state index in [-0.39, 0.29) is 18.5 Å². The first kappa shape index (κ1) is 84.8. The van der Waals surface area contributed by atoms with E-state index in [2.05, 4.69) is 55.6 Å². The van der Waals surface area contributed by atoms with Gasteiger partial charge in [0.2, 0.25) is 5.91 Å². The van der Waals surface area contributed by atoms with Crippen LogP contribution >= 0.6 is 0 Å². The summed E-state index contributed by atoms with van der Waals surface area (Å²) in [5.74, 6) is -0.0567. The van der Waals surface area contributed by atoms with Crippen molar-refractivity contribution in [3.05, 3.63) is 48.6 Å². The van der Waals surface area contributed by atoms with Crippen molar-refractivity contribution in [3.8, 4) is 0 Å². The Morgan fingerprint density at radius 2 is 0.575 bits per heavy atom. The van der Waals surface area contributed by atoms with Crippen molar-refractivity contribution in [1.82, 2.24) is 5.32 Å². The van der Waals surface area contributed by atoms with Gasteiger partial charge in [0.25, 0.3) is 0 Å². The number of ether oxygens (including phenoxy) is 1. The quantitative estimate of drug-likeness (QED) is 0.0320. The Kier molecular flexibility index (Phi) is 74.4. The lowest BCUT2D eigenvalue weighted by molar-refractivity contribution is -0.143. The van der Waals surface area contributed by atoms with Crippen molar-refractivity contribution in [2.75, 3.05) is 13.2 Å². The third kappa shape index (κ3) is 72.8. The van der Waals surface area contributed by atoms with Gasteiger partial charge in [0, 0.05) is 12.8 Å². The van der Waals surface area contributed by atoms with Crippen molar-refractivity contribution >= 4 is 11.9 Å². The van der Waals surface area contributed by atoms with E-state index in [4.69, 9.17) is 4.74 Å². The highest BCUT2D eigenvalue weighted by Gasteiger charge is 2.18. The summed E-state index contributed by atoms with van der Waals surface area (Å²) in [7, 11) is 0. The first-order chi connectivity index (χ1) is 43.0. The van der Waals surface area contributed by atoms with Gasteiger partial charge in [0.05, 0.1) is 25.4 Å². The Morgan fingerprint density at radius 3 is 0.908 bits per heavy atom. The number of amides is 1. The molecule has 6 nitrogen and oxygen atoms in total. The van der Waals surface area contributed by atoms with Crippen LogP contribution in [0.5, 0.6) is 0 Å². The first-order valence-electron chi connectivity index (χ1n) is 39.4. The maximum absolute atomic E-state index is 12.6. The van der Waals surface area contributed by atoms with E-state index in [9.17, 15) is 19.8 Å². The van der Waals surface area contributed by atoms with Crippen LogP contribution in [0.15, 0.2) is 48.6 Å². The number of aliphatic hydroxyl groups is 2. The summed E-state index contributed by atoms with van der Waals surface area (Å²) in [4.78, 5) is 24.6. The maximum Gasteiger partial charge on any atom is 0.305 e. The van der Waals surface area contributed by atoms with E-state index in [1.54, 1.807) is 6.08 Å². The molecule has 0 aliphatic carbocycles. The zero-order valence-electron chi connectivity index (χ0n) is 58.8. The Hall–Kier alpha value is -2.18. The van der Waals surface area contributed by atoms with Crippen molar-refractivity contribution in [2.24, 2.45) is 0 Å². The molecular formula is C81H153NO5. The maximum atomic E-state index is 12.6. The molecule has 0 saturated heterocycles. The van der Waals surface area contributed by atoms with Crippen LogP contribution in [0, 0.1) is 0 Å². The van der Waals surface area contributed by atoms with E-state index in [0.717, 1.165) is 51.4 Å². The van der Waals surface area contributed by atoms with Gasteiger partial charge in [-0.3, -0.25) is 9.59 Å². The van der Waals surface area contributed by atoms with Crippen LogP contribution in [0.3, 0.4) is 0 Å². The van der Waals surface area contributed by atoms with Gasteiger partial charge in [-0.05, 0) is 89.9 Å². The number of allylic oxidation sites excluding steroid dienone is 7. The number of carbonyl (C=O) groups is 2. The third-order valence-electron chi connectivity index (χ3n) is 18.3. The summed E-state index contributed by atoms with van der Waals surface area (Å²) in [6.45, 7) is 4.91. The summed E-state index contributed by atoms with van der Waals surface area (Å²) in [5, 5.41) is 23.3. The van der Waals surface area contributed by atoms with Crippen LogP contribution in [-0.2, 0) is 14.3 Å². The summed E-state index contributed by atoms with van der Waals surface area (Å²) < 4.78 is 5.49. The molecule has 87 heavy (non-hydrogen) atoms. The van der Waals surface area contributed by atoms with E-state index < -0.39 is 12.1 Å². The molecule has 0 rings (SSSR count). The van der Waals surface area contributed by atoms with Crippen LogP contribution < -0.4 is 5.32 Å². The monoisotopic (exact) mass is 1220 g/mol. The number of aliphatic hydroxyl groups excluding tert-OH is 2. The third-order valence-corrected chi connectivity index (χ3v) is 18.3. The molecular weight excluding hydrogens is 1070 g/mol. The summed E-state index contributed by atoms with van der Waals surface area (Å²) >= 11 is 0. The predicted molar refractivity (Wildman–Crippen MR) is 384 cm³/mol. The molecule has 2 atom stereocenters. The Balaban J connectivity index is 3.39. The lowest BCUT2D eigenvalue weighted by Crippen LogP contribution is -2.45. The van der Waals surface area contributed by atoms with Crippen LogP contribution in [0.2, 0.25) is 0 Å². The van der Waals surface area contributed by atoms with Gasteiger partial charge in [-0.15, -0.1) is 0 Å². The summed E-state index contributed by atoms with van der Waals surface area (Å²) in [6.07, 6.45) is 101. The fraction of sp³-hybridized carbons (Fsp3) is 0.877. The van der Waals surface area contributed by atoms with Gasteiger partial charge < -0.3 is 20.3 Å². The topological polar surface area (TPSA) is 95.9 Å². The van der Waals surface area contributed by atoms with Crippen LogP contribution in [0.25, 0.3) is 0 Å². The molecule has 0 aromatic heterocycles. The van der Waals surface area contributed by atoms with Crippen molar-refractivity contribution < 1.29 is 24.5 Å². The van der Waals surface area contributed by atoms with Crippen LogP contribution in [0.1, 0.15) is 431 Å². The molecule has 0 aliphatic heterocycles. The predicted octanol–water partition coefficient (Wildman–Crippen LogP) is 26.0. The van der Waals surface area contributed by atoms with Crippen molar-refractivity contribution in [1.29, 1.82) is 0 Å². The molecule has 6 heteroatoms. The second-order valence-electron chi connectivity index (χ2n) is 27.0. The molecule has 1 amide bonds. The number of hydrogen-bond donors (Lipinski definition) is 3. The van der Waals surface area contributed by atoms with E-state index >= 15 is 0 Å². The SMILES string of the molecule is CCCCC/C=C\C/C=C\CCCCCCCC(=O)OCCCCCCCCCCCCCC/C=C\CCCCCCCCCCCCCCCCCCC(=O)NC(CO)C(O)/C=C/CCCCCCCCCCCCCCCCCCCCCCC. The molecule has 0 spiro atoms. The number of nitrogens with one attached hydrogen (secondary N) is 1. The molecule has 0 heterocycles. The minimum Gasteiger partial charge on any atom is -0.466 e. The molecule has 0 fully saturated rings. The van der Waals surface area contributed by atoms with Gasteiger partial charge in [0.15, 0.2) is 0 Å². The largest absolute Gasteiger partial charge is 0.466 e. The molecule has 0 bridgehead atoms. The van der Waals surface area contributed by atoms with E-state index in [1.807, 2.05) is 6.08 Å². The minimum atomic E-state index is -0.845. The lowest BCUT2D eigenvalue weighted by Gasteiger charge is -2.20. The molecule has 512 valence electrons. The van der Waals surface area contributed by atoms with E-state index in [0.29, 0.717) is 19.4 Å². The fourth-order valence-corrected chi connectivity index (χ4v) is 12.3.